The van der Waals surface area contributed by atoms with Crippen LogP contribution >= 0.6 is 43.2 Å². The van der Waals surface area contributed by atoms with Gasteiger partial charge in [-0.05, 0) is 31.0 Å². The SMILES string of the molecule is [CH2-]OC(=O)C(CNC(=O)c1cccc(C(=O)NCC(SSCC(NC(=O)CCC(N)C(=O)O)C(=O)NCC(=O)O)C(=O)O[CH2-])c1)SSCC(NC(=O)CCC(N)C(=O)O)C(=O)NCC(=O)O.[Y].[Y]. The van der Waals surface area contributed by atoms with E-state index in [1.54, 1.807) is 0 Å². The fourth-order valence-corrected chi connectivity index (χ4v) is 9.52. The second-order valence-corrected chi connectivity index (χ2v) is 18.3. The molecule has 32 heteroatoms. The molecular weight excluding hydrogens is 1140 g/mol. The van der Waals surface area contributed by atoms with Gasteiger partial charge < -0.3 is 73.3 Å². The van der Waals surface area contributed by atoms with E-state index in [1.807, 2.05) is 0 Å². The number of nitrogens with two attached hydrogens (primary N) is 2. The first kappa shape index (κ1) is 66.5. The van der Waals surface area contributed by atoms with Crippen LogP contribution < -0.4 is 43.4 Å². The number of carbonyl (C=O) groups excluding carboxylic acids is 8. The van der Waals surface area contributed by atoms with E-state index in [2.05, 4.69) is 55.6 Å². The molecule has 0 aliphatic heterocycles. The zero-order chi connectivity index (χ0) is 49.9. The van der Waals surface area contributed by atoms with Crippen LogP contribution in [0.2, 0.25) is 0 Å². The number of rotatable bonds is 32. The van der Waals surface area contributed by atoms with Crippen LogP contribution in [0.4, 0.5) is 0 Å². The van der Waals surface area contributed by atoms with Gasteiger partial charge in [-0.15, -0.1) is 0 Å². The van der Waals surface area contributed by atoms with Crippen LogP contribution in [0.1, 0.15) is 46.4 Å². The maximum Gasteiger partial charge on any atom is 0.322 e. The number of carbonyl (C=O) groups is 12. The van der Waals surface area contributed by atoms with E-state index >= 15 is 0 Å². The maximum absolute atomic E-state index is 13.1. The van der Waals surface area contributed by atoms with Crippen molar-refractivity contribution in [3.63, 3.8) is 0 Å². The Kier molecular flexibility index (Phi) is 35.5. The molecule has 0 aromatic heterocycles. The number of esters is 2. The molecule has 0 fully saturated rings. The van der Waals surface area contributed by atoms with Crippen LogP contribution in [0.25, 0.3) is 0 Å². The van der Waals surface area contributed by atoms with Crippen molar-refractivity contribution >= 4 is 114 Å². The van der Waals surface area contributed by atoms with Crippen molar-refractivity contribution in [2.45, 2.75) is 60.4 Å². The number of carboxylic acids is 4. The van der Waals surface area contributed by atoms with Crippen LogP contribution in [-0.2, 0) is 123 Å². The molecule has 0 heterocycles. The van der Waals surface area contributed by atoms with Crippen molar-refractivity contribution in [2.24, 2.45) is 11.5 Å². The molecule has 0 saturated carbocycles. The Labute approximate surface area is 454 Å². The number of benzene rings is 1. The van der Waals surface area contributed by atoms with Gasteiger partial charge in [0.25, 0.3) is 23.8 Å². The van der Waals surface area contributed by atoms with Crippen LogP contribution in [0.3, 0.4) is 0 Å². The number of nitrogens with one attached hydrogen (secondary N) is 6. The zero-order valence-corrected chi connectivity index (χ0v) is 44.6. The summed E-state index contributed by atoms with van der Waals surface area (Å²) in [6.07, 6.45) is -1.30. The number of carboxylic acid groups (broad SMARTS) is 4. The quantitative estimate of drug-likeness (QED) is 0.0195. The summed E-state index contributed by atoms with van der Waals surface area (Å²) in [5, 5.41) is 47.4. The summed E-state index contributed by atoms with van der Waals surface area (Å²) in [6, 6.07) is -0.184. The topological polar surface area (TPSA) is 428 Å². The molecule has 0 bridgehead atoms. The normalized spacial score (nSPS) is 13.0. The van der Waals surface area contributed by atoms with Gasteiger partial charge in [-0.25, -0.2) is 0 Å². The van der Waals surface area contributed by atoms with E-state index in [9.17, 15) is 57.5 Å². The van der Waals surface area contributed by atoms with Gasteiger partial charge in [-0.3, -0.25) is 57.5 Å². The number of aliphatic carboxylic acids is 4. The summed E-state index contributed by atoms with van der Waals surface area (Å²) in [5.41, 5.74) is 10.7. The predicted octanol–water partition coefficient (Wildman–Crippen LogP) is -2.93. The minimum absolute atomic E-state index is 0. The van der Waals surface area contributed by atoms with Gasteiger partial charge in [0.05, 0.1) is 0 Å². The van der Waals surface area contributed by atoms with E-state index in [4.69, 9.17) is 31.9 Å². The molecule has 6 amide bonds. The Balaban J connectivity index is 0. The number of hydrogen-bond acceptors (Lipinski definition) is 20. The van der Waals surface area contributed by atoms with Crippen molar-refractivity contribution in [3.8, 4) is 0 Å². The molecule has 0 aliphatic carbocycles. The monoisotopic (exact) mass is 1190 g/mol. The van der Waals surface area contributed by atoms with Gasteiger partial charge in [0.15, 0.2) is 0 Å². The molecule has 1 aromatic rings. The molecule has 14 N–H and O–H groups in total. The van der Waals surface area contributed by atoms with Crippen molar-refractivity contribution < 1.29 is 153 Å². The average Bonchev–Trinajstić information content (AvgIpc) is 3.28. The second kappa shape index (κ2) is 36.3. The first-order chi connectivity index (χ1) is 31.1. The van der Waals surface area contributed by atoms with Gasteiger partial charge in [0.2, 0.25) is 23.6 Å². The molecule has 68 heavy (non-hydrogen) atoms. The fourth-order valence-electron chi connectivity index (χ4n) is 4.55. The van der Waals surface area contributed by atoms with E-state index in [1.165, 1.54) is 24.3 Å². The number of amides is 6. The molecule has 26 nitrogen and oxygen atoms in total. The Bertz CT molecular complexity index is 1810. The Hall–Kier alpha value is -3.61. The molecule has 2 radical (unpaired) electrons. The second-order valence-electron chi connectivity index (χ2n) is 13.1. The van der Waals surface area contributed by atoms with Crippen molar-refractivity contribution in [3.05, 3.63) is 49.6 Å². The van der Waals surface area contributed by atoms with Crippen LogP contribution in [0.15, 0.2) is 24.3 Å². The third-order valence-corrected chi connectivity index (χ3v) is 13.5. The summed E-state index contributed by atoms with van der Waals surface area (Å²) in [4.78, 5) is 145. The smallest absolute Gasteiger partial charge is 0.322 e. The molecule has 1 aromatic carbocycles. The molecule has 372 valence electrons. The molecule has 0 spiro atoms. The van der Waals surface area contributed by atoms with Gasteiger partial charge in [0.1, 0.15) is 47.8 Å². The Morgan fingerprint density at radius 1 is 0.588 bits per heavy atom. The van der Waals surface area contributed by atoms with Crippen LogP contribution in [0.5, 0.6) is 0 Å². The minimum Gasteiger partial charge on any atom is -0.639 e. The first-order valence-corrected chi connectivity index (χ1v) is 23.6. The molecule has 6 unspecified atom stereocenters. The summed E-state index contributed by atoms with van der Waals surface area (Å²) < 4.78 is 9.13. The fraction of sp³-hybridized carbons (Fsp3) is 0.444. The predicted molar refractivity (Wildman–Crippen MR) is 237 cm³/mol. The number of hydrogen-bond donors (Lipinski definition) is 12. The van der Waals surface area contributed by atoms with Crippen LogP contribution in [0, 0.1) is 14.2 Å². The molecule has 0 aliphatic rings. The van der Waals surface area contributed by atoms with Gasteiger partial charge in [0, 0.05) is 114 Å². The Morgan fingerprint density at radius 2 is 0.941 bits per heavy atom. The van der Waals surface area contributed by atoms with Gasteiger partial charge in [-0.1, -0.05) is 49.2 Å². The Morgan fingerprint density at radius 3 is 1.25 bits per heavy atom. The maximum atomic E-state index is 13.1. The first-order valence-electron chi connectivity index (χ1n) is 18.8. The largest absolute Gasteiger partial charge is 0.639 e. The van der Waals surface area contributed by atoms with Crippen molar-refractivity contribution in [1.82, 2.24) is 31.9 Å². The van der Waals surface area contributed by atoms with Crippen molar-refractivity contribution in [2.75, 3.05) is 37.7 Å². The summed E-state index contributed by atoms with van der Waals surface area (Å²) >= 11 is 0. The van der Waals surface area contributed by atoms with E-state index in [0.29, 0.717) is 0 Å². The molecule has 6 atom stereocenters. The summed E-state index contributed by atoms with van der Waals surface area (Å²) in [6.45, 7) is -2.34. The van der Waals surface area contributed by atoms with E-state index < -0.39 is 119 Å². The molecule has 0 saturated heterocycles. The van der Waals surface area contributed by atoms with Gasteiger partial charge in [-0.2, -0.15) is 14.2 Å². The third kappa shape index (κ3) is 27.5. The van der Waals surface area contributed by atoms with E-state index in [0.717, 1.165) is 43.2 Å². The summed E-state index contributed by atoms with van der Waals surface area (Å²) in [7, 11) is 9.46. The average molecular weight is 1190 g/mol. The van der Waals surface area contributed by atoms with Crippen molar-refractivity contribution in [1.29, 1.82) is 0 Å². The van der Waals surface area contributed by atoms with E-state index in [-0.39, 0.29) is 127 Å². The number of ether oxygens (including phenoxy) is 2. The zero-order valence-electron chi connectivity index (χ0n) is 35.7. The van der Waals surface area contributed by atoms with Crippen LogP contribution in [-0.4, -0.2) is 164 Å². The standard InChI is InChI=1S/C36H48N8O18S4.2Y/c1-61-35(59)23(65-63-15-21(31(53)41-13-27(47)48)43-25(45)8-6-19(37)33(55)56)11-39-29(51)17-4-3-5-18(10-17)30(52)40-12-24(36(60)62-2)66-64-16-22(32(54)42-14-28(49)50)44-26(46)9-7-20(38)34(57)58;;/h3-5,10,19-24H,1-2,6-9,11-16,37-38H2,(H,39,51)(H,40,52)(H,41,53)(H,42,54)(H,43,45)(H,44,46)(H,47,48)(H,49,50)(H,55,56)(H,57,58);;/q-2;;. The minimum atomic E-state index is -1.38. The third-order valence-electron chi connectivity index (χ3n) is 8.06. The summed E-state index contributed by atoms with van der Waals surface area (Å²) in [5.74, 6) is -12.7. The molecule has 1 rings (SSSR count). The molecular formula is C36H48N8O18S4Y2-2. The van der Waals surface area contributed by atoms with Gasteiger partial charge >= 0.3 is 23.9 Å².